The van der Waals surface area contributed by atoms with E-state index in [1.54, 1.807) is 48.5 Å². The number of aromatic carboxylic acids is 4. The number of carbonyl (C=O) groups excluding carboxylic acids is 1. The molecule has 0 fully saturated rings. The molecule has 11 heteroatoms. The molecule has 3 N–H and O–H groups in total. The molecular weight excluding hydrogens is 687 g/mol. The number of hydrogen-bond acceptors (Lipinski definition) is 7. The van der Waals surface area contributed by atoms with Gasteiger partial charge in [0.25, 0.3) is 0 Å². The van der Waals surface area contributed by atoms with Crippen molar-refractivity contribution in [1.29, 1.82) is 0 Å². The lowest BCUT2D eigenvalue weighted by atomic mass is 10.2. The molecule has 0 heterocycles. The van der Waals surface area contributed by atoms with E-state index in [9.17, 15) is 24.3 Å². The van der Waals surface area contributed by atoms with Crippen molar-refractivity contribution in [3.63, 3.8) is 0 Å². The van der Waals surface area contributed by atoms with Crippen LogP contribution in [0.3, 0.4) is 0 Å². The Balaban J connectivity index is 0.000000271. The third-order valence-electron chi connectivity index (χ3n) is 7.66. The molecule has 4 aromatic rings. The fourth-order valence-corrected chi connectivity index (χ4v) is 7.13. The largest absolute Gasteiger partial charge is 0.545 e. The quantitative estimate of drug-likeness (QED) is 0.0955. The summed E-state index contributed by atoms with van der Waals surface area (Å²) >= 11 is 2.86. The van der Waals surface area contributed by atoms with E-state index in [0.717, 1.165) is 19.6 Å². The summed E-state index contributed by atoms with van der Waals surface area (Å²) in [5.74, 6) is -4.08. The Labute approximate surface area is 308 Å². The predicted octanol–water partition coefficient (Wildman–Crippen LogP) is 8.58. The molecule has 9 nitrogen and oxygen atoms in total. The first-order valence-corrected chi connectivity index (χ1v) is 18.5. The fourth-order valence-electron chi connectivity index (χ4n) is 5.50. The highest BCUT2D eigenvalue weighted by molar-refractivity contribution is 7.99. The molecule has 0 unspecified atom stereocenters. The van der Waals surface area contributed by atoms with Crippen LogP contribution < -0.4 is 5.11 Å². The number of carbonyl (C=O) groups is 4. The summed E-state index contributed by atoms with van der Waals surface area (Å²) in [6, 6.07) is 25.8. The Kier molecular flexibility index (Phi) is 18.6. The van der Waals surface area contributed by atoms with Crippen LogP contribution >= 0.6 is 23.5 Å². The lowest BCUT2D eigenvalue weighted by Crippen LogP contribution is -2.50. The van der Waals surface area contributed by atoms with Crippen molar-refractivity contribution in [2.75, 3.05) is 26.2 Å². The number of nitrogens with zero attached hydrogens (tertiary/aromatic N) is 1. The van der Waals surface area contributed by atoms with Gasteiger partial charge in [-0.2, -0.15) is 0 Å². The van der Waals surface area contributed by atoms with Crippen LogP contribution in [0.25, 0.3) is 0 Å². The molecule has 0 aliphatic rings. The Morgan fingerprint density at radius 1 is 0.451 bits per heavy atom. The maximum Gasteiger partial charge on any atom is 0.335 e. The molecule has 4 rings (SSSR count). The normalized spacial score (nSPS) is 10.6. The molecule has 4 aromatic carbocycles. The van der Waals surface area contributed by atoms with Crippen LogP contribution in [0.1, 0.15) is 94.8 Å². The van der Waals surface area contributed by atoms with E-state index in [2.05, 4.69) is 27.7 Å². The molecule has 51 heavy (non-hydrogen) atoms. The highest BCUT2D eigenvalue weighted by atomic mass is 32.2. The summed E-state index contributed by atoms with van der Waals surface area (Å²) in [6.45, 7) is 14.8. The van der Waals surface area contributed by atoms with Crippen LogP contribution in [0, 0.1) is 0 Å². The third-order valence-corrected chi connectivity index (χ3v) is 9.69. The molecule has 0 saturated heterocycles. The number of quaternary nitrogens is 1. The van der Waals surface area contributed by atoms with Crippen molar-refractivity contribution >= 4 is 47.4 Å². The summed E-state index contributed by atoms with van der Waals surface area (Å²) in [4.78, 5) is 46.3. The van der Waals surface area contributed by atoms with Gasteiger partial charge in [0.1, 0.15) is 0 Å². The van der Waals surface area contributed by atoms with Gasteiger partial charge in [0, 0.05) is 19.6 Å². The van der Waals surface area contributed by atoms with Crippen molar-refractivity contribution in [1.82, 2.24) is 0 Å². The summed E-state index contributed by atoms with van der Waals surface area (Å²) in [6.07, 6.45) is 5.33. The van der Waals surface area contributed by atoms with Gasteiger partial charge >= 0.3 is 17.9 Å². The Morgan fingerprint density at radius 3 is 0.843 bits per heavy atom. The standard InChI is InChI=1S/2C14H10O4S.C12H28N/c2*15-13(16)9-1-5-11(6-2-9)19-12-7-3-10(4-8-12)14(17)18;1-5-9-13(10-6-2,11-7-3)12-8-4/h2*1-8H,(H,15,16)(H,17,18);5-12H2,1-4H3/q;;+1/p-1. The second-order valence-electron chi connectivity index (χ2n) is 11.7. The van der Waals surface area contributed by atoms with E-state index >= 15 is 0 Å². The van der Waals surface area contributed by atoms with Gasteiger partial charge in [-0.25, -0.2) is 14.4 Å². The van der Waals surface area contributed by atoms with E-state index in [0.29, 0.717) is 0 Å². The zero-order chi connectivity index (χ0) is 37.8. The van der Waals surface area contributed by atoms with Crippen molar-refractivity contribution in [2.24, 2.45) is 0 Å². The molecule has 0 amide bonds. The van der Waals surface area contributed by atoms with E-state index < -0.39 is 23.9 Å². The van der Waals surface area contributed by atoms with Gasteiger partial charge in [-0.3, -0.25) is 0 Å². The van der Waals surface area contributed by atoms with Crippen LogP contribution in [0.15, 0.2) is 117 Å². The topological polar surface area (TPSA) is 152 Å². The maximum absolute atomic E-state index is 10.7. The van der Waals surface area contributed by atoms with Gasteiger partial charge in [0.05, 0.1) is 48.8 Å². The molecule has 0 bridgehead atoms. The predicted molar refractivity (Wildman–Crippen MR) is 200 cm³/mol. The van der Waals surface area contributed by atoms with Crippen LogP contribution in [-0.2, 0) is 0 Å². The van der Waals surface area contributed by atoms with E-state index in [1.165, 1.54) is 128 Å². The first-order chi connectivity index (χ1) is 24.4. The van der Waals surface area contributed by atoms with Crippen molar-refractivity contribution in [3.8, 4) is 0 Å². The van der Waals surface area contributed by atoms with E-state index in [-0.39, 0.29) is 22.3 Å². The molecule has 0 aliphatic heterocycles. The first kappa shape index (κ1) is 42.6. The summed E-state index contributed by atoms with van der Waals surface area (Å²) in [7, 11) is 0. The summed E-state index contributed by atoms with van der Waals surface area (Å²) in [5, 5.41) is 36.9. The number of carboxylic acids is 4. The molecule has 0 spiro atoms. The monoisotopic (exact) mass is 733 g/mol. The van der Waals surface area contributed by atoms with Gasteiger partial charge in [-0.1, -0.05) is 63.4 Å². The summed E-state index contributed by atoms with van der Waals surface area (Å²) in [5.41, 5.74) is 0.846. The van der Waals surface area contributed by atoms with Gasteiger partial charge in [0.15, 0.2) is 0 Å². The minimum atomic E-state index is -1.21. The summed E-state index contributed by atoms with van der Waals surface area (Å²) < 4.78 is 1.38. The third kappa shape index (κ3) is 15.1. The number of hydrogen-bond donors (Lipinski definition) is 3. The van der Waals surface area contributed by atoms with Crippen LogP contribution in [-0.4, -0.2) is 69.9 Å². The Bertz CT molecular complexity index is 1420. The van der Waals surface area contributed by atoms with E-state index in [4.69, 9.17) is 15.3 Å². The second-order valence-corrected chi connectivity index (χ2v) is 14.0. The zero-order valence-electron chi connectivity index (χ0n) is 29.5. The first-order valence-electron chi connectivity index (χ1n) is 16.9. The van der Waals surface area contributed by atoms with Gasteiger partial charge < -0.3 is 29.7 Å². The SMILES string of the molecule is CCC[N+](CCC)(CCC)CCC.O=C(O)c1ccc(Sc2ccc(C(=O)O)cc2)cc1.O=C([O-])c1ccc(Sc2ccc(C(=O)O)cc2)cc1. The van der Waals surface area contributed by atoms with Crippen LogP contribution in [0.2, 0.25) is 0 Å². The van der Waals surface area contributed by atoms with Crippen molar-refractivity contribution in [3.05, 3.63) is 119 Å². The van der Waals surface area contributed by atoms with Gasteiger partial charge in [-0.05, 0) is 116 Å². The van der Waals surface area contributed by atoms with Crippen molar-refractivity contribution < 1.29 is 44.1 Å². The minimum Gasteiger partial charge on any atom is -0.545 e. The molecule has 272 valence electrons. The second kappa shape index (κ2) is 22.3. The average Bonchev–Trinajstić information content (AvgIpc) is 3.10. The Morgan fingerprint density at radius 2 is 0.667 bits per heavy atom. The molecule has 0 radical (unpaired) electrons. The molecule has 0 saturated carbocycles. The van der Waals surface area contributed by atoms with Gasteiger partial charge in [0.2, 0.25) is 0 Å². The minimum absolute atomic E-state index is 0.130. The molecular formula is C40H47NO8S2. The smallest absolute Gasteiger partial charge is 0.335 e. The van der Waals surface area contributed by atoms with Crippen molar-refractivity contribution in [2.45, 2.75) is 73.0 Å². The highest BCUT2D eigenvalue weighted by Crippen LogP contribution is 2.29. The number of rotatable bonds is 16. The van der Waals surface area contributed by atoms with E-state index in [1.807, 2.05) is 0 Å². The molecule has 0 aliphatic carbocycles. The van der Waals surface area contributed by atoms with Crippen LogP contribution in [0.5, 0.6) is 0 Å². The zero-order valence-corrected chi connectivity index (χ0v) is 31.2. The molecule has 0 atom stereocenters. The lowest BCUT2D eigenvalue weighted by molar-refractivity contribution is -0.928. The fraction of sp³-hybridized carbons (Fsp3) is 0.300. The maximum atomic E-state index is 10.7. The number of benzene rings is 4. The van der Waals surface area contributed by atoms with Crippen LogP contribution in [0.4, 0.5) is 0 Å². The molecule has 0 aromatic heterocycles. The highest BCUT2D eigenvalue weighted by Gasteiger charge is 2.22. The lowest BCUT2D eigenvalue weighted by Gasteiger charge is -2.38. The number of carboxylic acid groups (broad SMARTS) is 4. The average molecular weight is 734 g/mol. The Hall–Kier alpha value is -4.58. The van der Waals surface area contributed by atoms with Gasteiger partial charge in [-0.15, -0.1) is 0 Å².